The Kier molecular flexibility index (Phi) is 9.49. The molecular weight excluding hydrogens is 407 g/mol. The Labute approximate surface area is 156 Å². The molecule has 2 heterocycles. The van der Waals surface area contributed by atoms with Crippen LogP contribution in [0.4, 0.5) is 0 Å². The van der Waals surface area contributed by atoms with Crippen LogP contribution in [0.5, 0.6) is 0 Å². The summed E-state index contributed by atoms with van der Waals surface area (Å²) in [5, 5.41) is 7.43. The van der Waals surface area contributed by atoms with Crippen LogP contribution in [0, 0.1) is 0 Å². The molecule has 8 heteroatoms. The maximum Gasteiger partial charge on any atom is 0.193 e. The van der Waals surface area contributed by atoms with Crippen molar-refractivity contribution < 1.29 is 4.52 Å². The van der Waals surface area contributed by atoms with Gasteiger partial charge in [-0.2, -0.15) is 0 Å². The summed E-state index contributed by atoms with van der Waals surface area (Å²) in [6, 6.07) is 1.93. The van der Waals surface area contributed by atoms with E-state index in [0.29, 0.717) is 0 Å². The maximum absolute atomic E-state index is 4.89. The van der Waals surface area contributed by atoms with Gasteiger partial charge in [0.05, 0.1) is 5.69 Å². The first-order valence-electron chi connectivity index (χ1n) is 7.98. The molecule has 7 nitrogen and oxygen atoms in total. The van der Waals surface area contributed by atoms with Gasteiger partial charge in [-0.25, -0.2) is 0 Å². The van der Waals surface area contributed by atoms with Crippen LogP contribution in [-0.2, 0) is 6.54 Å². The van der Waals surface area contributed by atoms with Crippen LogP contribution in [0.15, 0.2) is 21.8 Å². The first kappa shape index (κ1) is 20.2. The summed E-state index contributed by atoms with van der Waals surface area (Å²) in [6.07, 6.45) is 1.63. The van der Waals surface area contributed by atoms with E-state index in [1.165, 1.54) is 0 Å². The van der Waals surface area contributed by atoms with Gasteiger partial charge in [0.25, 0.3) is 0 Å². The van der Waals surface area contributed by atoms with Crippen LogP contribution in [0.25, 0.3) is 0 Å². The van der Waals surface area contributed by atoms with Gasteiger partial charge in [-0.15, -0.1) is 24.0 Å². The number of rotatable bonds is 6. The minimum atomic E-state index is 0. The lowest BCUT2D eigenvalue weighted by molar-refractivity contribution is 0.169. The van der Waals surface area contributed by atoms with E-state index < -0.39 is 0 Å². The minimum Gasteiger partial charge on any atom is -0.364 e. The quantitative estimate of drug-likeness (QED) is 0.407. The highest BCUT2D eigenvalue weighted by Crippen LogP contribution is 2.07. The second-order valence-electron chi connectivity index (χ2n) is 5.62. The van der Waals surface area contributed by atoms with Crippen molar-refractivity contribution in [2.24, 2.45) is 4.99 Å². The third-order valence-electron chi connectivity index (χ3n) is 4.08. The van der Waals surface area contributed by atoms with E-state index in [0.717, 1.165) is 64.0 Å². The topological polar surface area (TPSA) is 60.1 Å². The fourth-order valence-electron chi connectivity index (χ4n) is 2.51. The fraction of sp³-hybridized carbons (Fsp3) is 0.733. The Morgan fingerprint density at radius 1 is 1.39 bits per heavy atom. The highest BCUT2D eigenvalue weighted by atomic mass is 127. The summed E-state index contributed by atoms with van der Waals surface area (Å²) in [7, 11) is 3.99. The summed E-state index contributed by atoms with van der Waals surface area (Å²) in [6.45, 7) is 10.1. The van der Waals surface area contributed by atoms with Gasteiger partial charge in [0, 0.05) is 58.9 Å². The van der Waals surface area contributed by atoms with Gasteiger partial charge in [-0.1, -0.05) is 12.1 Å². The monoisotopic (exact) mass is 436 g/mol. The van der Waals surface area contributed by atoms with Gasteiger partial charge in [0.2, 0.25) is 0 Å². The smallest absolute Gasteiger partial charge is 0.193 e. The van der Waals surface area contributed by atoms with Crippen LogP contribution in [0.2, 0.25) is 0 Å². The molecule has 0 saturated carbocycles. The Morgan fingerprint density at radius 3 is 2.70 bits per heavy atom. The van der Waals surface area contributed by atoms with Crippen molar-refractivity contribution in [3.05, 3.63) is 18.0 Å². The number of piperazine rings is 1. The second kappa shape index (κ2) is 10.8. The van der Waals surface area contributed by atoms with Crippen molar-refractivity contribution in [2.75, 3.05) is 59.9 Å². The fourth-order valence-corrected chi connectivity index (χ4v) is 2.51. The predicted molar refractivity (Wildman–Crippen MR) is 103 cm³/mol. The van der Waals surface area contributed by atoms with Crippen molar-refractivity contribution in [1.82, 2.24) is 25.2 Å². The lowest BCUT2D eigenvalue weighted by atomic mass is 10.3. The Hall–Kier alpha value is -0.870. The summed E-state index contributed by atoms with van der Waals surface area (Å²) < 4.78 is 4.89. The third-order valence-corrected chi connectivity index (χ3v) is 4.08. The number of halogens is 1. The summed E-state index contributed by atoms with van der Waals surface area (Å²) in [4.78, 5) is 11.4. The molecule has 0 atom stereocenters. The van der Waals surface area contributed by atoms with Crippen molar-refractivity contribution in [3.63, 3.8) is 0 Å². The number of aliphatic imine (C=N–C) groups is 1. The molecule has 1 aromatic rings. The first-order chi connectivity index (χ1) is 10.7. The number of likely N-dealkylation sites (N-methyl/N-ethyl adjacent to an activating group) is 1. The second-order valence-corrected chi connectivity index (χ2v) is 5.62. The predicted octanol–water partition coefficient (Wildman–Crippen LogP) is 0.937. The number of guanidine groups is 1. The number of nitrogens with one attached hydrogen (secondary N) is 1. The molecule has 0 aliphatic carbocycles. The zero-order valence-corrected chi connectivity index (χ0v) is 16.7. The molecule has 0 amide bonds. The SMILES string of the molecule is CCN(C)CCNC(=NC)N1CCN(Cc2ccon2)CC1.I. The van der Waals surface area contributed by atoms with Gasteiger partial charge in [-0.05, 0) is 13.6 Å². The number of nitrogens with zero attached hydrogens (tertiary/aromatic N) is 5. The zero-order chi connectivity index (χ0) is 15.8. The van der Waals surface area contributed by atoms with E-state index in [-0.39, 0.29) is 24.0 Å². The number of hydrogen-bond donors (Lipinski definition) is 1. The molecule has 1 fully saturated rings. The highest BCUT2D eigenvalue weighted by molar-refractivity contribution is 14.0. The summed E-state index contributed by atoms with van der Waals surface area (Å²) in [5.74, 6) is 1.01. The lowest BCUT2D eigenvalue weighted by Gasteiger charge is -2.36. The highest BCUT2D eigenvalue weighted by Gasteiger charge is 2.20. The Morgan fingerprint density at radius 2 is 2.13 bits per heavy atom. The largest absolute Gasteiger partial charge is 0.364 e. The van der Waals surface area contributed by atoms with Crippen molar-refractivity contribution in [1.29, 1.82) is 0 Å². The molecule has 0 aromatic carbocycles. The molecule has 1 aliphatic rings. The van der Waals surface area contributed by atoms with E-state index in [2.05, 4.69) is 44.1 Å². The normalized spacial score (nSPS) is 16.5. The van der Waals surface area contributed by atoms with Crippen LogP contribution >= 0.6 is 24.0 Å². The van der Waals surface area contributed by atoms with E-state index in [9.17, 15) is 0 Å². The average molecular weight is 436 g/mol. The molecule has 1 aliphatic heterocycles. The van der Waals surface area contributed by atoms with Gasteiger partial charge >= 0.3 is 0 Å². The van der Waals surface area contributed by atoms with Gasteiger partial charge in [-0.3, -0.25) is 9.89 Å². The van der Waals surface area contributed by atoms with Crippen LogP contribution < -0.4 is 5.32 Å². The summed E-state index contributed by atoms with van der Waals surface area (Å²) >= 11 is 0. The average Bonchev–Trinajstić information content (AvgIpc) is 3.05. The molecule has 1 aromatic heterocycles. The minimum absolute atomic E-state index is 0. The van der Waals surface area contributed by atoms with Crippen LogP contribution in [-0.4, -0.2) is 85.7 Å². The molecule has 0 bridgehead atoms. The molecule has 0 radical (unpaired) electrons. The Balaban J connectivity index is 0.00000264. The summed E-state index contributed by atoms with van der Waals surface area (Å²) in [5.41, 5.74) is 0.999. The number of aromatic nitrogens is 1. The molecule has 1 saturated heterocycles. The van der Waals surface area contributed by atoms with Crippen molar-refractivity contribution in [3.8, 4) is 0 Å². The number of hydrogen-bond acceptors (Lipinski definition) is 5. The van der Waals surface area contributed by atoms with Gasteiger partial charge in [0.1, 0.15) is 6.26 Å². The maximum atomic E-state index is 4.89. The van der Waals surface area contributed by atoms with E-state index in [1.54, 1.807) is 6.26 Å². The van der Waals surface area contributed by atoms with Crippen LogP contribution in [0.1, 0.15) is 12.6 Å². The molecule has 0 unspecified atom stereocenters. The molecule has 0 spiro atoms. The zero-order valence-electron chi connectivity index (χ0n) is 14.4. The van der Waals surface area contributed by atoms with Crippen molar-refractivity contribution in [2.45, 2.75) is 13.5 Å². The van der Waals surface area contributed by atoms with E-state index >= 15 is 0 Å². The van der Waals surface area contributed by atoms with E-state index in [1.807, 2.05) is 13.1 Å². The standard InChI is InChI=1S/C15H28N6O.HI/c1-4-19(3)7-6-17-15(16-2)21-10-8-20(9-11-21)13-14-5-12-22-18-14;/h5,12H,4,6-11,13H2,1-3H3,(H,16,17);1H. The molecule has 132 valence electrons. The molecule has 23 heavy (non-hydrogen) atoms. The van der Waals surface area contributed by atoms with E-state index in [4.69, 9.17) is 4.52 Å². The van der Waals surface area contributed by atoms with Gasteiger partial charge in [0.15, 0.2) is 5.96 Å². The van der Waals surface area contributed by atoms with Gasteiger partial charge < -0.3 is 19.6 Å². The lowest BCUT2D eigenvalue weighted by Crippen LogP contribution is -2.52. The molecular formula is C15H29IN6O. The molecule has 2 rings (SSSR count). The molecule has 1 N–H and O–H groups in total. The Bertz CT molecular complexity index is 445. The van der Waals surface area contributed by atoms with Crippen molar-refractivity contribution >= 4 is 29.9 Å². The third kappa shape index (κ3) is 6.64. The first-order valence-corrected chi connectivity index (χ1v) is 7.98. The van der Waals surface area contributed by atoms with Crippen LogP contribution in [0.3, 0.4) is 0 Å².